The number of halogens is 2. The minimum absolute atomic E-state index is 0.0283. The molecular weight excluding hydrogens is 297 g/mol. The Morgan fingerprint density at radius 2 is 1.85 bits per heavy atom. The zero-order valence-electron chi connectivity index (χ0n) is 10.8. The molecule has 0 aliphatic heterocycles. The van der Waals surface area contributed by atoms with Crippen LogP contribution < -0.4 is 10.1 Å². The van der Waals surface area contributed by atoms with Gasteiger partial charge in [-0.2, -0.15) is 0 Å². The largest absolute Gasteiger partial charge is 0.456 e. The van der Waals surface area contributed by atoms with Crippen LogP contribution in [0.2, 0.25) is 10.0 Å². The van der Waals surface area contributed by atoms with E-state index in [1.165, 1.54) is 0 Å². The lowest BCUT2D eigenvalue weighted by Crippen LogP contribution is -2.08. The van der Waals surface area contributed by atoms with Crippen LogP contribution in [-0.2, 0) is 4.79 Å². The van der Waals surface area contributed by atoms with Gasteiger partial charge in [0, 0.05) is 17.1 Å². The normalized spacial score (nSPS) is 10.2. The summed E-state index contributed by atoms with van der Waals surface area (Å²) in [6.07, 6.45) is 0.443. The van der Waals surface area contributed by atoms with Crippen LogP contribution in [0.5, 0.6) is 11.5 Å². The Bertz CT molecular complexity index is 612. The second kappa shape index (κ2) is 6.64. The standard InChI is InChI=1S/C15H13Cl2NO2/c1-2-15(19)18-11-4-6-12(7-5-11)20-14-8-3-10(16)9-13(14)17/h3-9H,2H2,1H3,(H,18,19). The molecule has 0 bridgehead atoms. The molecule has 1 amide bonds. The average molecular weight is 310 g/mol. The summed E-state index contributed by atoms with van der Waals surface area (Å²) < 4.78 is 5.65. The maximum absolute atomic E-state index is 11.3. The summed E-state index contributed by atoms with van der Waals surface area (Å²) in [7, 11) is 0. The van der Waals surface area contributed by atoms with Crippen molar-refractivity contribution in [2.45, 2.75) is 13.3 Å². The average Bonchev–Trinajstić information content (AvgIpc) is 2.44. The van der Waals surface area contributed by atoms with Crippen molar-refractivity contribution in [1.82, 2.24) is 0 Å². The Morgan fingerprint density at radius 3 is 2.45 bits per heavy atom. The number of rotatable bonds is 4. The number of amides is 1. The lowest BCUT2D eigenvalue weighted by Gasteiger charge is -2.09. The first-order valence-electron chi connectivity index (χ1n) is 6.11. The molecule has 0 spiro atoms. The summed E-state index contributed by atoms with van der Waals surface area (Å²) in [5, 5.41) is 3.76. The Balaban J connectivity index is 2.08. The van der Waals surface area contributed by atoms with Crippen LogP contribution in [0.15, 0.2) is 42.5 Å². The van der Waals surface area contributed by atoms with Gasteiger partial charge in [0.05, 0.1) is 5.02 Å². The van der Waals surface area contributed by atoms with Crippen LogP contribution >= 0.6 is 23.2 Å². The molecule has 104 valence electrons. The molecule has 0 aliphatic rings. The van der Waals surface area contributed by atoms with Crippen molar-refractivity contribution in [2.75, 3.05) is 5.32 Å². The first-order chi connectivity index (χ1) is 9.58. The monoisotopic (exact) mass is 309 g/mol. The van der Waals surface area contributed by atoms with Crippen LogP contribution in [0.25, 0.3) is 0 Å². The third kappa shape index (κ3) is 3.89. The molecule has 5 heteroatoms. The van der Waals surface area contributed by atoms with Crippen molar-refractivity contribution >= 4 is 34.8 Å². The highest BCUT2D eigenvalue weighted by atomic mass is 35.5. The Morgan fingerprint density at radius 1 is 1.15 bits per heavy atom. The van der Waals surface area contributed by atoms with Gasteiger partial charge in [-0.05, 0) is 42.5 Å². The van der Waals surface area contributed by atoms with Gasteiger partial charge in [-0.3, -0.25) is 4.79 Å². The molecule has 3 nitrogen and oxygen atoms in total. The number of nitrogens with one attached hydrogen (secondary N) is 1. The minimum atomic E-state index is -0.0283. The number of ether oxygens (including phenoxy) is 1. The van der Waals surface area contributed by atoms with E-state index >= 15 is 0 Å². The molecule has 0 heterocycles. The quantitative estimate of drug-likeness (QED) is 0.849. The zero-order chi connectivity index (χ0) is 14.5. The number of hydrogen-bond acceptors (Lipinski definition) is 2. The Kier molecular flexibility index (Phi) is 4.88. The summed E-state index contributed by atoms with van der Waals surface area (Å²) in [6, 6.07) is 12.1. The molecule has 2 rings (SSSR count). The van der Waals surface area contributed by atoms with Crippen LogP contribution in [0.3, 0.4) is 0 Å². The molecule has 0 fully saturated rings. The first-order valence-corrected chi connectivity index (χ1v) is 6.87. The second-order valence-corrected chi connectivity index (χ2v) is 4.95. The van der Waals surface area contributed by atoms with Crippen LogP contribution in [-0.4, -0.2) is 5.91 Å². The van der Waals surface area contributed by atoms with Gasteiger partial charge in [0.25, 0.3) is 0 Å². The molecule has 0 radical (unpaired) electrons. The van der Waals surface area contributed by atoms with Crippen molar-refractivity contribution in [3.8, 4) is 11.5 Å². The van der Waals surface area contributed by atoms with Crippen molar-refractivity contribution in [3.05, 3.63) is 52.5 Å². The van der Waals surface area contributed by atoms with Gasteiger partial charge in [-0.15, -0.1) is 0 Å². The molecule has 0 aliphatic carbocycles. The molecule has 1 N–H and O–H groups in total. The summed E-state index contributed by atoms with van der Waals surface area (Å²) >= 11 is 11.9. The fourth-order valence-corrected chi connectivity index (χ4v) is 1.99. The summed E-state index contributed by atoms with van der Waals surface area (Å²) in [5.74, 6) is 1.13. The molecule has 0 aromatic heterocycles. The second-order valence-electron chi connectivity index (χ2n) is 4.10. The van der Waals surface area contributed by atoms with Crippen LogP contribution in [0.1, 0.15) is 13.3 Å². The van der Waals surface area contributed by atoms with E-state index in [1.54, 1.807) is 49.4 Å². The molecule has 0 atom stereocenters. The van der Waals surface area contributed by atoms with Crippen LogP contribution in [0.4, 0.5) is 5.69 Å². The minimum Gasteiger partial charge on any atom is -0.456 e. The number of carbonyl (C=O) groups is 1. The zero-order valence-corrected chi connectivity index (χ0v) is 12.3. The third-order valence-corrected chi connectivity index (χ3v) is 3.11. The van der Waals surface area contributed by atoms with Gasteiger partial charge >= 0.3 is 0 Å². The van der Waals surface area contributed by atoms with E-state index in [-0.39, 0.29) is 5.91 Å². The molecule has 0 unspecified atom stereocenters. The van der Waals surface area contributed by atoms with Gasteiger partial charge in [-0.1, -0.05) is 30.1 Å². The van der Waals surface area contributed by atoms with Gasteiger partial charge in [0.1, 0.15) is 11.5 Å². The van der Waals surface area contributed by atoms with Crippen LogP contribution in [0, 0.1) is 0 Å². The molecule has 2 aromatic rings. The highest BCUT2D eigenvalue weighted by Crippen LogP contribution is 2.31. The molecular formula is C15H13Cl2NO2. The van der Waals surface area contributed by atoms with Crippen molar-refractivity contribution in [1.29, 1.82) is 0 Å². The Hall–Kier alpha value is -1.71. The van der Waals surface area contributed by atoms with Gasteiger partial charge in [0.2, 0.25) is 5.91 Å². The summed E-state index contributed by atoms with van der Waals surface area (Å²) in [6.45, 7) is 1.80. The van der Waals surface area contributed by atoms with E-state index in [4.69, 9.17) is 27.9 Å². The van der Waals surface area contributed by atoms with E-state index in [1.807, 2.05) is 0 Å². The fourth-order valence-electron chi connectivity index (χ4n) is 1.54. The highest BCUT2D eigenvalue weighted by molar-refractivity contribution is 6.35. The molecule has 0 saturated heterocycles. The number of benzene rings is 2. The number of hydrogen-bond donors (Lipinski definition) is 1. The predicted octanol–water partition coefficient (Wildman–Crippen LogP) is 5.13. The molecule has 2 aromatic carbocycles. The third-order valence-electron chi connectivity index (χ3n) is 2.58. The first kappa shape index (κ1) is 14.7. The van der Waals surface area contributed by atoms with E-state index in [0.29, 0.717) is 28.0 Å². The topological polar surface area (TPSA) is 38.3 Å². The number of anilines is 1. The molecule has 20 heavy (non-hydrogen) atoms. The van der Waals surface area contributed by atoms with Crippen molar-refractivity contribution in [3.63, 3.8) is 0 Å². The maximum Gasteiger partial charge on any atom is 0.224 e. The summed E-state index contributed by atoms with van der Waals surface area (Å²) in [5.41, 5.74) is 0.728. The highest BCUT2D eigenvalue weighted by Gasteiger charge is 2.04. The van der Waals surface area contributed by atoms with Crippen molar-refractivity contribution < 1.29 is 9.53 Å². The Labute approximate surface area is 127 Å². The predicted molar refractivity (Wildman–Crippen MR) is 81.9 cm³/mol. The van der Waals surface area contributed by atoms with E-state index in [0.717, 1.165) is 5.69 Å². The van der Waals surface area contributed by atoms with E-state index in [9.17, 15) is 4.79 Å². The lowest BCUT2D eigenvalue weighted by atomic mass is 10.3. The maximum atomic E-state index is 11.3. The fraction of sp³-hybridized carbons (Fsp3) is 0.133. The smallest absolute Gasteiger partial charge is 0.224 e. The molecule has 0 saturated carbocycles. The van der Waals surface area contributed by atoms with Gasteiger partial charge < -0.3 is 10.1 Å². The van der Waals surface area contributed by atoms with Gasteiger partial charge in [-0.25, -0.2) is 0 Å². The van der Waals surface area contributed by atoms with E-state index in [2.05, 4.69) is 5.32 Å². The summed E-state index contributed by atoms with van der Waals surface area (Å²) in [4.78, 5) is 11.3. The van der Waals surface area contributed by atoms with E-state index < -0.39 is 0 Å². The lowest BCUT2D eigenvalue weighted by molar-refractivity contribution is -0.115. The number of carbonyl (C=O) groups excluding carboxylic acids is 1. The van der Waals surface area contributed by atoms with Gasteiger partial charge in [0.15, 0.2) is 0 Å². The SMILES string of the molecule is CCC(=O)Nc1ccc(Oc2ccc(Cl)cc2Cl)cc1. The van der Waals surface area contributed by atoms with Crippen molar-refractivity contribution in [2.24, 2.45) is 0 Å².